The molecule has 0 bridgehead atoms. The number of carbonyl (C=O) groups excluding carboxylic acids is 2. The van der Waals surface area contributed by atoms with Crippen molar-refractivity contribution in [1.29, 1.82) is 0 Å². The first-order valence-corrected chi connectivity index (χ1v) is 15.3. The van der Waals surface area contributed by atoms with Crippen LogP contribution in [0.25, 0.3) is 0 Å². The van der Waals surface area contributed by atoms with Gasteiger partial charge < -0.3 is 14.5 Å². The van der Waals surface area contributed by atoms with Gasteiger partial charge in [0.05, 0.1) is 22.9 Å². The molecular formula is C29H35N3O5S2. The van der Waals surface area contributed by atoms with E-state index in [0.717, 1.165) is 11.1 Å². The summed E-state index contributed by atoms with van der Waals surface area (Å²) < 4.78 is 33.3. The number of aryl methyl sites for hydroxylation is 1. The minimum Gasteiger partial charge on any atom is -0.383 e. The Kier molecular flexibility index (Phi) is 9.90. The molecule has 1 aliphatic heterocycles. The molecular weight excluding hydrogens is 534 g/mol. The third kappa shape index (κ3) is 7.33. The molecule has 1 saturated heterocycles. The summed E-state index contributed by atoms with van der Waals surface area (Å²) in [5.74, 6) is -0.256. The van der Waals surface area contributed by atoms with E-state index >= 15 is 0 Å². The van der Waals surface area contributed by atoms with Crippen molar-refractivity contribution >= 4 is 33.2 Å². The third-order valence-corrected chi connectivity index (χ3v) is 9.67. The highest BCUT2D eigenvalue weighted by molar-refractivity contribution is 7.89. The first-order chi connectivity index (χ1) is 18.8. The summed E-state index contributed by atoms with van der Waals surface area (Å²) in [6.07, 6.45) is 1.25. The first kappa shape index (κ1) is 28.9. The van der Waals surface area contributed by atoms with Gasteiger partial charge in [0.1, 0.15) is 0 Å². The molecule has 0 saturated carbocycles. The molecule has 0 N–H and O–H groups in total. The summed E-state index contributed by atoms with van der Waals surface area (Å²) in [5, 5.41) is 1.89. The molecule has 3 aromatic rings. The van der Waals surface area contributed by atoms with Crippen LogP contribution in [0.15, 0.2) is 77.0 Å². The lowest BCUT2D eigenvalue weighted by atomic mass is 10.0. The van der Waals surface area contributed by atoms with E-state index in [1.165, 1.54) is 34.9 Å². The van der Waals surface area contributed by atoms with Crippen LogP contribution in [0, 0.1) is 6.92 Å². The monoisotopic (exact) mass is 569 g/mol. The number of amides is 2. The zero-order chi connectivity index (χ0) is 27.8. The first-order valence-electron chi connectivity index (χ1n) is 13.0. The van der Waals surface area contributed by atoms with Crippen molar-refractivity contribution in [2.45, 2.75) is 37.2 Å². The molecule has 8 nitrogen and oxygen atoms in total. The number of piperidine rings is 1. The van der Waals surface area contributed by atoms with Crippen LogP contribution in [0.5, 0.6) is 0 Å². The Labute approximate surface area is 234 Å². The van der Waals surface area contributed by atoms with Gasteiger partial charge in [-0.25, -0.2) is 8.42 Å². The predicted molar refractivity (Wildman–Crippen MR) is 152 cm³/mol. The zero-order valence-electron chi connectivity index (χ0n) is 22.4. The summed E-state index contributed by atoms with van der Waals surface area (Å²) in [4.78, 5) is 31.2. The molecule has 208 valence electrons. The predicted octanol–water partition coefficient (Wildman–Crippen LogP) is 4.03. The van der Waals surface area contributed by atoms with E-state index in [0.29, 0.717) is 37.4 Å². The highest BCUT2D eigenvalue weighted by atomic mass is 32.2. The van der Waals surface area contributed by atoms with Gasteiger partial charge in [-0.15, -0.1) is 11.3 Å². The van der Waals surface area contributed by atoms with Crippen LogP contribution in [0.1, 0.15) is 33.6 Å². The van der Waals surface area contributed by atoms with Crippen molar-refractivity contribution in [3.05, 3.63) is 88.1 Å². The number of hydrogen-bond donors (Lipinski definition) is 0. The lowest BCUT2D eigenvalue weighted by Crippen LogP contribution is -2.51. The molecule has 2 heterocycles. The summed E-state index contributed by atoms with van der Waals surface area (Å²) in [6, 6.07) is 19.7. The molecule has 1 aliphatic rings. The standard InChI is InChI=1S/C29H35N3O5S2/c1-23-10-12-24(13-11-23)21-32(25-14-16-30(17-15-25)29(34)27-9-6-20-38-27)28(33)22-31(18-19-37-2)39(35,36)26-7-4-3-5-8-26/h3-13,20,25H,14-19,21-22H2,1-2H3. The maximum absolute atomic E-state index is 13.9. The minimum absolute atomic E-state index is 0.0135. The van der Waals surface area contributed by atoms with Crippen molar-refractivity contribution < 1.29 is 22.7 Å². The largest absolute Gasteiger partial charge is 0.383 e. The maximum Gasteiger partial charge on any atom is 0.263 e. The Hall–Kier alpha value is -3.05. The smallest absolute Gasteiger partial charge is 0.263 e. The Morgan fingerprint density at radius 2 is 1.69 bits per heavy atom. The zero-order valence-corrected chi connectivity index (χ0v) is 24.0. The molecule has 0 spiro atoms. The van der Waals surface area contributed by atoms with E-state index in [9.17, 15) is 18.0 Å². The number of sulfonamides is 1. The molecule has 2 amide bonds. The molecule has 4 rings (SSSR count). The maximum atomic E-state index is 13.9. The summed E-state index contributed by atoms with van der Waals surface area (Å²) in [7, 11) is -2.40. The fourth-order valence-corrected chi connectivity index (χ4v) is 6.79. The molecule has 1 aromatic heterocycles. The van der Waals surface area contributed by atoms with Gasteiger partial charge in [-0.1, -0.05) is 54.1 Å². The van der Waals surface area contributed by atoms with Crippen LogP contribution >= 0.6 is 11.3 Å². The molecule has 39 heavy (non-hydrogen) atoms. The average Bonchev–Trinajstić information content (AvgIpc) is 3.50. The minimum atomic E-state index is -3.90. The normalized spacial score (nSPS) is 14.5. The van der Waals surface area contributed by atoms with E-state index < -0.39 is 10.0 Å². The van der Waals surface area contributed by atoms with Crippen LogP contribution in [0.2, 0.25) is 0 Å². The van der Waals surface area contributed by atoms with Crippen molar-refractivity contribution in [2.24, 2.45) is 0 Å². The number of ether oxygens (including phenoxy) is 1. The topological polar surface area (TPSA) is 87.2 Å². The molecule has 0 atom stereocenters. The Balaban J connectivity index is 1.54. The second-order valence-corrected chi connectivity index (χ2v) is 12.5. The van der Waals surface area contributed by atoms with E-state index in [1.54, 1.807) is 23.1 Å². The quantitative estimate of drug-likeness (QED) is 0.348. The van der Waals surface area contributed by atoms with Gasteiger partial charge in [0.2, 0.25) is 15.9 Å². The Bertz CT molecular complexity index is 1320. The molecule has 0 unspecified atom stereocenters. The summed E-state index contributed by atoms with van der Waals surface area (Å²) in [5.41, 5.74) is 2.09. The third-order valence-electron chi connectivity index (χ3n) is 6.96. The van der Waals surface area contributed by atoms with Crippen molar-refractivity contribution in [2.75, 3.05) is 39.9 Å². The Morgan fingerprint density at radius 3 is 2.31 bits per heavy atom. The van der Waals surface area contributed by atoms with Crippen LogP contribution in [-0.2, 0) is 26.1 Å². The number of likely N-dealkylation sites (tertiary alicyclic amines) is 1. The van der Waals surface area contributed by atoms with Gasteiger partial charge in [0, 0.05) is 39.3 Å². The lowest BCUT2D eigenvalue weighted by Gasteiger charge is -2.39. The highest BCUT2D eigenvalue weighted by Crippen LogP contribution is 2.23. The van der Waals surface area contributed by atoms with Gasteiger partial charge in [-0.2, -0.15) is 4.31 Å². The molecule has 2 aromatic carbocycles. The van der Waals surface area contributed by atoms with E-state index in [4.69, 9.17) is 4.74 Å². The number of hydrogen-bond acceptors (Lipinski definition) is 6. The van der Waals surface area contributed by atoms with Gasteiger partial charge in [0.15, 0.2) is 0 Å². The number of thiophene rings is 1. The number of rotatable bonds is 11. The van der Waals surface area contributed by atoms with Crippen LogP contribution in [-0.4, -0.2) is 80.3 Å². The molecule has 1 fully saturated rings. The van der Waals surface area contributed by atoms with Gasteiger partial charge in [0.25, 0.3) is 5.91 Å². The van der Waals surface area contributed by atoms with E-state index in [1.807, 2.05) is 53.6 Å². The molecule has 0 aliphatic carbocycles. The van der Waals surface area contributed by atoms with Crippen LogP contribution in [0.4, 0.5) is 0 Å². The Morgan fingerprint density at radius 1 is 1.00 bits per heavy atom. The van der Waals surface area contributed by atoms with Crippen molar-refractivity contribution in [1.82, 2.24) is 14.1 Å². The lowest BCUT2D eigenvalue weighted by molar-refractivity contribution is -0.135. The second kappa shape index (κ2) is 13.3. The summed E-state index contributed by atoms with van der Waals surface area (Å²) in [6.45, 7) is 3.39. The number of benzene rings is 2. The van der Waals surface area contributed by atoms with Gasteiger partial charge in [-0.3, -0.25) is 9.59 Å². The number of methoxy groups -OCH3 is 1. The van der Waals surface area contributed by atoms with Crippen molar-refractivity contribution in [3.8, 4) is 0 Å². The van der Waals surface area contributed by atoms with Crippen LogP contribution < -0.4 is 0 Å². The van der Waals surface area contributed by atoms with E-state index in [-0.39, 0.29) is 42.4 Å². The van der Waals surface area contributed by atoms with Gasteiger partial charge in [-0.05, 0) is 48.9 Å². The SMILES string of the molecule is COCCN(CC(=O)N(Cc1ccc(C)cc1)C1CCN(C(=O)c2cccs2)CC1)S(=O)(=O)c1ccccc1. The fourth-order valence-electron chi connectivity index (χ4n) is 4.71. The van der Waals surface area contributed by atoms with Gasteiger partial charge >= 0.3 is 0 Å². The molecule has 0 radical (unpaired) electrons. The summed E-state index contributed by atoms with van der Waals surface area (Å²) >= 11 is 1.42. The number of carbonyl (C=O) groups is 2. The molecule has 10 heteroatoms. The van der Waals surface area contributed by atoms with Crippen molar-refractivity contribution in [3.63, 3.8) is 0 Å². The van der Waals surface area contributed by atoms with Crippen LogP contribution in [0.3, 0.4) is 0 Å². The average molecular weight is 570 g/mol. The fraction of sp³-hybridized carbons (Fsp3) is 0.379. The highest BCUT2D eigenvalue weighted by Gasteiger charge is 2.33. The second-order valence-electron chi connectivity index (χ2n) is 9.65. The van der Waals surface area contributed by atoms with E-state index in [2.05, 4.69) is 0 Å². The number of nitrogens with zero attached hydrogens (tertiary/aromatic N) is 3.